The van der Waals surface area contributed by atoms with Gasteiger partial charge in [-0.25, -0.2) is 0 Å². The lowest BCUT2D eigenvalue weighted by molar-refractivity contribution is 0.557. The fraction of sp³-hybridized carbons (Fsp3) is 1.00. The predicted octanol–water partition coefficient (Wildman–Crippen LogP) is 3.28. The van der Waals surface area contributed by atoms with Gasteiger partial charge < -0.3 is 4.12 Å². The number of hydrogen-bond donors (Lipinski definition) is 0. The van der Waals surface area contributed by atoms with Crippen molar-refractivity contribution in [2.45, 2.75) is 26.2 Å². The molecule has 0 radical (unpaired) electrons. The molecule has 11 heavy (non-hydrogen) atoms. The standard InChI is InChI=1S/C6H16Br2OSi2/c1-10(2,5-7)9-11(3,4)6-8/h5-6H2,1-4H3. The third-order valence-electron chi connectivity index (χ3n) is 1.20. The minimum atomic E-state index is -1.39. The first-order valence-corrected chi connectivity index (χ1v) is 12.1. The van der Waals surface area contributed by atoms with Crippen molar-refractivity contribution in [3.05, 3.63) is 0 Å². The van der Waals surface area contributed by atoms with Crippen LogP contribution >= 0.6 is 31.9 Å². The Kier molecular flexibility index (Phi) is 5.11. The Morgan fingerprint density at radius 2 is 1.18 bits per heavy atom. The molecule has 0 fully saturated rings. The molecule has 0 aromatic rings. The van der Waals surface area contributed by atoms with E-state index in [0.29, 0.717) is 0 Å². The SMILES string of the molecule is C[Si](C)(CBr)O[Si](C)(C)CBr. The van der Waals surface area contributed by atoms with Gasteiger partial charge in [0, 0.05) is 9.91 Å². The number of hydrogen-bond acceptors (Lipinski definition) is 1. The van der Waals surface area contributed by atoms with E-state index in [0.717, 1.165) is 9.91 Å². The fourth-order valence-corrected chi connectivity index (χ4v) is 9.28. The summed E-state index contributed by atoms with van der Waals surface area (Å²) >= 11 is 6.99. The number of alkyl halides is 2. The minimum absolute atomic E-state index is 1.03. The second-order valence-electron chi connectivity index (χ2n) is 3.89. The predicted molar refractivity (Wildman–Crippen MR) is 63.6 cm³/mol. The first-order chi connectivity index (χ1) is 4.83. The quantitative estimate of drug-likeness (QED) is 0.571. The molecular formula is C6H16Br2OSi2. The van der Waals surface area contributed by atoms with E-state index in [9.17, 15) is 0 Å². The van der Waals surface area contributed by atoms with E-state index in [-0.39, 0.29) is 0 Å². The van der Waals surface area contributed by atoms with Gasteiger partial charge in [-0.05, 0) is 26.2 Å². The van der Waals surface area contributed by atoms with Crippen LogP contribution in [0.25, 0.3) is 0 Å². The van der Waals surface area contributed by atoms with Gasteiger partial charge in [-0.15, -0.1) is 0 Å². The van der Waals surface area contributed by atoms with Crippen LogP contribution in [0.1, 0.15) is 0 Å². The third-order valence-corrected chi connectivity index (χ3v) is 15.0. The highest BCUT2D eigenvalue weighted by Crippen LogP contribution is 2.17. The van der Waals surface area contributed by atoms with Gasteiger partial charge in [0.2, 0.25) is 0 Å². The molecular weight excluding hydrogens is 304 g/mol. The van der Waals surface area contributed by atoms with Crippen LogP contribution in [0.4, 0.5) is 0 Å². The molecule has 0 saturated heterocycles. The molecule has 0 rings (SSSR count). The molecule has 0 saturated carbocycles. The maximum atomic E-state index is 6.11. The average Bonchev–Trinajstić information content (AvgIpc) is 1.86. The number of halogens is 2. The molecule has 0 atom stereocenters. The molecule has 0 aliphatic rings. The molecule has 1 nitrogen and oxygen atoms in total. The van der Waals surface area contributed by atoms with Crippen LogP contribution in [0, 0.1) is 0 Å². The molecule has 0 spiro atoms. The van der Waals surface area contributed by atoms with Crippen molar-refractivity contribution in [2.75, 3.05) is 9.91 Å². The van der Waals surface area contributed by atoms with Crippen LogP contribution in [-0.4, -0.2) is 26.5 Å². The zero-order valence-electron chi connectivity index (χ0n) is 7.58. The Labute approximate surface area is 88.4 Å². The van der Waals surface area contributed by atoms with Crippen molar-refractivity contribution in [1.82, 2.24) is 0 Å². The maximum Gasteiger partial charge on any atom is 0.184 e. The van der Waals surface area contributed by atoms with Crippen molar-refractivity contribution in [2.24, 2.45) is 0 Å². The Hall–Kier alpha value is 1.35. The van der Waals surface area contributed by atoms with Crippen molar-refractivity contribution in [1.29, 1.82) is 0 Å². The largest absolute Gasteiger partial charge is 0.454 e. The van der Waals surface area contributed by atoms with Crippen LogP contribution in [0.15, 0.2) is 0 Å². The topological polar surface area (TPSA) is 9.23 Å². The molecule has 0 unspecified atom stereocenters. The molecule has 0 aliphatic heterocycles. The Morgan fingerprint density at radius 3 is 1.36 bits per heavy atom. The molecule has 0 aliphatic carbocycles. The molecule has 0 amide bonds. The van der Waals surface area contributed by atoms with Crippen molar-refractivity contribution >= 4 is 48.5 Å². The van der Waals surface area contributed by atoms with Crippen molar-refractivity contribution in [3.63, 3.8) is 0 Å². The van der Waals surface area contributed by atoms with E-state index >= 15 is 0 Å². The van der Waals surface area contributed by atoms with Gasteiger partial charge >= 0.3 is 0 Å². The van der Waals surface area contributed by atoms with Gasteiger partial charge in [0.25, 0.3) is 0 Å². The van der Waals surface area contributed by atoms with Gasteiger partial charge in [0.15, 0.2) is 16.6 Å². The summed E-state index contributed by atoms with van der Waals surface area (Å²) in [7, 11) is -2.77. The smallest absolute Gasteiger partial charge is 0.184 e. The van der Waals surface area contributed by atoms with E-state index in [1.54, 1.807) is 0 Å². The van der Waals surface area contributed by atoms with E-state index in [1.165, 1.54) is 0 Å². The summed E-state index contributed by atoms with van der Waals surface area (Å²) in [6, 6.07) is 0. The molecule has 0 heterocycles. The molecule has 0 bridgehead atoms. The Morgan fingerprint density at radius 1 is 0.909 bits per heavy atom. The van der Waals surface area contributed by atoms with E-state index in [2.05, 4.69) is 58.0 Å². The van der Waals surface area contributed by atoms with Gasteiger partial charge in [-0.2, -0.15) is 0 Å². The van der Waals surface area contributed by atoms with Gasteiger partial charge in [0.05, 0.1) is 0 Å². The van der Waals surface area contributed by atoms with Crippen LogP contribution in [0.3, 0.4) is 0 Å². The van der Waals surface area contributed by atoms with Crippen LogP contribution in [-0.2, 0) is 4.12 Å². The summed E-state index contributed by atoms with van der Waals surface area (Å²) in [4.78, 5) is 2.06. The Bertz CT molecular complexity index is 114. The summed E-state index contributed by atoms with van der Waals surface area (Å²) in [5, 5.41) is 0. The van der Waals surface area contributed by atoms with Gasteiger partial charge in [-0.3, -0.25) is 0 Å². The van der Waals surface area contributed by atoms with E-state index in [4.69, 9.17) is 4.12 Å². The monoisotopic (exact) mass is 318 g/mol. The van der Waals surface area contributed by atoms with Crippen molar-refractivity contribution < 1.29 is 4.12 Å². The van der Waals surface area contributed by atoms with Gasteiger partial charge in [-0.1, -0.05) is 31.9 Å². The zero-order chi connectivity index (χ0) is 9.12. The molecule has 68 valence electrons. The highest BCUT2D eigenvalue weighted by molar-refractivity contribution is 9.10. The van der Waals surface area contributed by atoms with Crippen LogP contribution < -0.4 is 0 Å². The fourth-order valence-electron chi connectivity index (χ4n) is 0.803. The lowest BCUT2D eigenvalue weighted by Crippen LogP contribution is -2.47. The van der Waals surface area contributed by atoms with Crippen LogP contribution in [0.5, 0.6) is 0 Å². The molecule has 0 aromatic heterocycles. The van der Waals surface area contributed by atoms with Gasteiger partial charge in [0.1, 0.15) is 0 Å². The summed E-state index contributed by atoms with van der Waals surface area (Å²) < 4.78 is 6.11. The lowest BCUT2D eigenvalue weighted by atomic mass is 11.8. The lowest BCUT2D eigenvalue weighted by Gasteiger charge is -2.31. The molecule has 0 N–H and O–H groups in total. The van der Waals surface area contributed by atoms with Crippen molar-refractivity contribution in [3.8, 4) is 0 Å². The highest BCUT2D eigenvalue weighted by atomic mass is 79.9. The summed E-state index contributed by atoms with van der Waals surface area (Å²) in [5.41, 5.74) is 0. The zero-order valence-corrected chi connectivity index (χ0v) is 12.8. The first-order valence-electron chi connectivity index (χ1n) is 3.65. The maximum absolute atomic E-state index is 6.11. The summed E-state index contributed by atoms with van der Waals surface area (Å²) in [6.07, 6.45) is 0. The second kappa shape index (κ2) is 4.55. The molecule has 5 heteroatoms. The first kappa shape index (κ1) is 12.4. The third kappa shape index (κ3) is 5.57. The number of rotatable bonds is 4. The highest BCUT2D eigenvalue weighted by Gasteiger charge is 2.31. The van der Waals surface area contributed by atoms with Crippen LogP contribution in [0.2, 0.25) is 26.2 Å². The van der Waals surface area contributed by atoms with E-state index in [1.807, 2.05) is 0 Å². The summed E-state index contributed by atoms with van der Waals surface area (Å²) in [5.74, 6) is 0. The summed E-state index contributed by atoms with van der Waals surface area (Å²) in [6.45, 7) is 9.00. The minimum Gasteiger partial charge on any atom is -0.454 e. The normalized spacial score (nSPS) is 13.6. The second-order valence-corrected chi connectivity index (χ2v) is 15.6. The van der Waals surface area contributed by atoms with E-state index < -0.39 is 16.6 Å². The average molecular weight is 320 g/mol. The Balaban J connectivity index is 4.02. The molecule has 0 aromatic carbocycles.